The lowest BCUT2D eigenvalue weighted by atomic mass is 10.4. The second-order valence-electron chi connectivity index (χ2n) is 4.06. The Labute approximate surface area is 128 Å². The Morgan fingerprint density at radius 2 is 1.68 bits per heavy atom. The van der Waals surface area contributed by atoms with Crippen LogP contribution in [-0.2, 0) is 24.2 Å². The van der Waals surface area contributed by atoms with Crippen molar-refractivity contribution in [3.8, 4) is 0 Å². The van der Waals surface area contributed by atoms with E-state index in [9.17, 15) is 8.42 Å². The SMILES string of the molecule is COCCNC(C)S(=O)(=O)c1ccccc1.O=C(O)C(=O)O. The molecule has 0 aliphatic carbocycles. The predicted molar refractivity (Wildman–Crippen MR) is 78.2 cm³/mol. The number of carboxylic acids is 2. The van der Waals surface area contributed by atoms with E-state index in [1.807, 2.05) is 0 Å². The van der Waals surface area contributed by atoms with Crippen molar-refractivity contribution in [3.63, 3.8) is 0 Å². The third-order valence-electron chi connectivity index (χ3n) is 2.46. The molecule has 0 saturated carbocycles. The molecule has 22 heavy (non-hydrogen) atoms. The molecule has 1 aromatic carbocycles. The minimum Gasteiger partial charge on any atom is -0.473 e. The van der Waals surface area contributed by atoms with Crippen LogP contribution in [0.4, 0.5) is 0 Å². The highest BCUT2D eigenvalue weighted by molar-refractivity contribution is 7.92. The molecule has 0 saturated heterocycles. The molecule has 8 nitrogen and oxygen atoms in total. The first-order valence-corrected chi connectivity index (χ1v) is 7.75. The molecule has 0 fully saturated rings. The first kappa shape index (κ1) is 20.0. The summed E-state index contributed by atoms with van der Waals surface area (Å²) >= 11 is 0. The van der Waals surface area contributed by atoms with Crippen molar-refractivity contribution in [2.75, 3.05) is 20.3 Å². The van der Waals surface area contributed by atoms with Gasteiger partial charge in [-0.1, -0.05) is 18.2 Å². The molecular formula is C13H19NO7S. The normalized spacial score (nSPS) is 11.9. The fourth-order valence-corrected chi connectivity index (χ4v) is 2.57. The monoisotopic (exact) mass is 333 g/mol. The van der Waals surface area contributed by atoms with Crippen molar-refractivity contribution in [2.45, 2.75) is 17.2 Å². The zero-order valence-electron chi connectivity index (χ0n) is 12.2. The molecule has 1 atom stereocenters. The van der Waals surface area contributed by atoms with Crippen molar-refractivity contribution in [2.24, 2.45) is 0 Å². The molecule has 0 aromatic heterocycles. The van der Waals surface area contributed by atoms with E-state index in [4.69, 9.17) is 24.5 Å². The zero-order chi connectivity index (χ0) is 17.2. The summed E-state index contributed by atoms with van der Waals surface area (Å²) in [4.78, 5) is 18.5. The summed E-state index contributed by atoms with van der Waals surface area (Å²) in [5.41, 5.74) is 0. The van der Waals surface area contributed by atoms with E-state index >= 15 is 0 Å². The maximum absolute atomic E-state index is 12.0. The van der Waals surface area contributed by atoms with Crippen LogP contribution >= 0.6 is 0 Å². The molecule has 0 aliphatic heterocycles. The maximum Gasteiger partial charge on any atom is 0.414 e. The summed E-state index contributed by atoms with van der Waals surface area (Å²) < 4.78 is 28.9. The number of rotatable bonds is 6. The van der Waals surface area contributed by atoms with Crippen molar-refractivity contribution in [3.05, 3.63) is 30.3 Å². The summed E-state index contributed by atoms with van der Waals surface area (Å²) in [5.74, 6) is -3.65. The fourth-order valence-electron chi connectivity index (χ4n) is 1.29. The van der Waals surface area contributed by atoms with Gasteiger partial charge < -0.3 is 14.9 Å². The minimum absolute atomic E-state index is 0.340. The van der Waals surface area contributed by atoms with E-state index in [1.165, 1.54) is 0 Å². The summed E-state index contributed by atoms with van der Waals surface area (Å²) in [5, 5.41) is 17.1. The van der Waals surface area contributed by atoms with E-state index in [-0.39, 0.29) is 0 Å². The molecule has 9 heteroatoms. The molecule has 0 heterocycles. The molecule has 0 amide bonds. The lowest BCUT2D eigenvalue weighted by molar-refractivity contribution is -0.159. The zero-order valence-corrected chi connectivity index (χ0v) is 13.0. The Morgan fingerprint density at radius 1 is 1.18 bits per heavy atom. The van der Waals surface area contributed by atoms with Crippen LogP contribution in [-0.4, -0.2) is 56.2 Å². The summed E-state index contributed by atoms with van der Waals surface area (Å²) in [6, 6.07) is 8.43. The van der Waals surface area contributed by atoms with Gasteiger partial charge in [0.1, 0.15) is 5.37 Å². The molecule has 0 bridgehead atoms. The largest absolute Gasteiger partial charge is 0.473 e. The Balaban J connectivity index is 0.000000626. The summed E-state index contributed by atoms with van der Waals surface area (Å²) in [7, 11) is -1.70. The van der Waals surface area contributed by atoms with Gasteiger partial charge in [0.05, 0.1) is 11.5 Å². The van der Waals surface area contributed by atoms with Gasteiger partial charge in [-0.25, -0.2) is 18.0 Å². The van der Waals surface area contributed by atoms with Gasteiger partial charge in [0.25, 0.3) is 0 Å². The average molecular weight is 333 g/mol. The topological polar surface area (TPSA) is 130 Å². The highest BCUT2D eigenvalue weighted by Crippen LogP contribution is 2.13. The van der Waals surface area contributed by atoms with Crippen LogP contribution in [0, 0.1) is 0 Å². The van der Waals surface area contributed by atoms with E-state index in [0.717, 1.165) is 0 Å². The first-order chi connectivity index (χ1) is 10.2. The summed E-state index contributed by atoms with van der Waals surface area (Å²) in [6.45, 7) is 2.65. The van der Waals surface area contributed by atoms with Gasteiger partial charge >= 0.3 is 11.9 Å². The molecule has 0 spiro atoms. The van der Waals surface area contributed by atoms with E-state index in [1.54, 1.807) is 44.4 Å². The number of benzene rings is 1. The third kappa shape index (κ3) is 7.16. The van der Waals surface area contributed by atoms with Crippen molar-refractivity contribution in [1.29, 1.82) is 0 Å². The molecule has 3 N–H and O–H groups in total. The predicted octanol–water partition coefficient (Wildman–Crippen LogP) is 0.198. The maximum atomic E-state index is 12.0. The van der Waals surface area contributed by atoms with Crippen LogP contribution in [0.3, 0.4) is 0 Å². The van der Waals surface area contributed by atoms with Crippen molar-refractivity contribution in [1.82, 2.24) is 5.32 Å². The number of hydrogen-bond donors (Lipinski definition) is 3. The second kappa shape index (κ2) is 9.87. The standard InChI is InChI=1S/C11H17NO3S.C2H2O4/c1-10(12-8-9-15-2)16(13,14)11-6-4-3-5-7-11;3-1(4)2(5)6/h3-7,10,12H,8-9H2,1-2H3;(H,3,4)(H,5,6). The number of carbonyl (C=O) groups is 2. The fraction of sp³-hybridized carbons (Fsp3) is 0.385. The lowest BCUT2D eigenvalue weighted by Gasteiger charge is -2.14. The molecule has 1 aromatic rings. The number of hydrogen-bond acceptors (Lipinski definition) is 6. The lowest BCUT2D eigenvalue weighted by Crippen LogP contribution is -2.36. The van der Waals surface area contributed by atoms with Crippen LogP contribution < -0.4 is 5.32 Å². The third-order valence-corrected chi connectivity index (χ3v) is 4.48. The van der Waals surface area contributed by atoms with E-state index in [2.05, 4.69) is 5.32 Å². The number of sulfone groups is 1. The molecular weight excluding hydrogens is 314 g/mol. The van der Waals surface area contributed by atoms with Gasteiger partial charge in [-0.15, -0.1) is 0 Å². The van der Waals surface area contributed by atoms with Gasteiger partial charge in [-0.05, 0) is 19.1 Å². The van der Waals surface area contributed by atoms with Crippen LogP contribution in [0.1, 0.15) is 6.92 Å². The second-order valence-corrected chi connectivity index (χ2v) is 6.33. The van der Waals surface area contributed by atoms with Gasteiger partial charge in [0, 0.05) is 13.7 Å². The smallest absolute Gasteiger partial charge is 0.414 e. The van der Waals surface area contributed by atoms with Crippen molar-refractivity contribution >= 4 is 21.8 Å². The van der Waals surface area contributed by atoms with Gasteiger partial charge in [-0.2, -0.15) is 0 Å². The Kier molecular flexibility index (Phi) is 8.99. The molecule has 0 aliphatic rings. The Hall–Kier alpha value is -1.97. The first-order valence-electron chi connectivity index (χ1n) is 6.21. The van der Waals surface area contributed by atoms with Crippen LogP contribution in [0.5, 0.6) is 0 Å². The van der Waals surface area contributed by atoms with Crippen LogP contribution in [0.25, 0.3) is 0 Å². The molecule has 1 unspecified atom stereocenters. The molecule has 0 radical (unpaired) electrons. The summed E-state index contributed by atoms with van der Waals surface area (Å²) in [6.07, 6.45) is 0. The number of methoxy groups -OCH3 is 1. The minimum atomic E-state index is -3.29. The Bertz CT molecular complexity index is 559. The van der Waals surface area contributed by atoms with Gasteiger partial charge in [-0.3, -0.25) is 5.32 Å². The highest BCUT2D eigenvalue weighted by atomic mass is 32.2. The van der Waals surface area contributed by atoms with Crippen LogP contribution in [0.15, 0.2) is 35.2 Å². The average Bonchev–Trinajstić information content (AvgIpc) is 2.48. The van der Waals surface area contributed by atoms with Gasteiger partial charge in [0.2, 0.25) is 0 Å². The quantitative estimate of drug-likeness (QED) is 0.497. The van der Waals surface area contributed by atoms with E-state index in [0.29, 0.717) is 18.0 Å². The highest BCUT2D eigenvalue weighted by Gasteiger charge is 2.21. The molecule has 124 valence electrons. The van der Waals surface area contributed by atoms with Gasteiger partial charge in [0.15, 0.2) is 9.84 Å². The number of carboxylic acid groups (broad SMARTS) is 2. The van der Waals surface area contributed by atoms with Crippen molar-refractivity contribution < 1.29 is 33.0 Å². The number of ether oxygens (including phenoxy) is 1. The Morgan fingerprint density at radius 3 is 2.09 bits per heavy atom. The van der Waals surface area contributed by atoms with E-state index < -0.39 is 27.1 Å². The number of aliphatic carboxylic acids is 2. The molecule has 1 rings (SSSR count). The van der Waals surface area contributed by atoms with Crippen LogP contribution in [0.2, 0.25) is 0 Å². The number of nitrogens with one attached hydrogen (secondary N) is 1.